The molecule has 0 aromatic heterocycles. The molecule has 2 aliphatic rings. The fourth-order valence-electron chi connectivity index (χ4n) is 3.43. The van der Waals surface area contributed by atoms with Gasteiger partial charge in [-0.2, -0.15) is 5.11 Å². The smallest absolute Gasteiger partial charge is 0.263 e. The third kappa shape index (κ3) is 3.06. The van der Waals surface area contributed by atoms with E-state index in [1.807, 2.05) is 24.3 Å². The van der Waals surface area contributed by atoms with Crippen LogP contribution in [0, 0.1) is 0 Å². The Morgan fingerprint density at radius 2 is 1.50 bits per heavy atom. The van der Waals surface area contributed by atoms with E-state index < -0.39 is 12.1 Å². The largest absolute Gasteiger partial charge is 0.497 e. The Morgan fingerprint density at radius 3 is 2.11 bits per heavy atom. The van der Waals surface area contributed by atoms with Crippen molar-refractivity contribution in [3.8, 4) is 11.5 Å². The summed E-state index contributed by atoms with van der Waals surface area (Å²) in [4.78, 5) is 26.9. The quantitative estimate of drug-likeness (QED) is 0.718. The van der Waals surface area contributed by atoms with Gasteiger partial charge < -0.3 is 9.47 Å². The van der Waals surface area contributed by atoms with E-state index in [1.165, 1.54) is 4.90 Å². The zero-order valence-corrected chi connectivity index (χ0v) is 15.6. The predicted octanol–water partition coefficient (Wildman–Crippen LogP) is 2.24. The van der Waals surface area contributed by atoms with Gasteiger partial charge in [0.15, 0.2) is 12.1 Å². The van der Waals surface area contributed by atoms with Crippen molar-refractivity contribution in [2.24, 2.45) is 10.3 Å². The Kier molecular flexibility index (Phi) is 4.68. The van der Waals surface area contributed by atoms with Crippen LogP contribution in [0.25, 0.3) is 0 Å². The van der Waals surface area contributed by atoms with Gasteiger partial charge in [0.05, 0.1) is 19.9 Å². The highest BCUT2D eigenvalue weighted by Crippen LogP contribution is 2.32. The van der Waals surface area contributed by atoms with Crippen molar-refractivity contribution < 1.29 is 19.1 Å². The Bertz CT molecular complexity index is 911. The molecule has 0 aliphatic carbocycles. The Labute approximate surface area is 162 Å². The van der Waals surface area contributed by atoms with Gasteiger partial charge in [0, 0.05) is 6.54 Å². The molecule has 0 radical (unpaired) electrons. The summed E-state index contributed by atoms with van der Waals surface area (Å²) < 4.78 is 10.3. The van der Waals surface area contributed by atoms with E-state index in [9.17, 15) is 9.59 Å². The first kappa shape index (κ1) is 18.0. The average Bonchev–Trinajstić information content (AvgIpc) is 3.26. The zero-order chi connectivity index (χ0) is 19.7. The predicted molar refractivity (Wildman–Crippen MR) is 101 cm³/mol. The van der Waals surface area contributed by atoms with Crippen molar-refractivity contribution in [3.63, 3.8) is 0 Å². The number of hydrogen-bond acceptors (Lipinski definition) is 7. The highest BCUT2D eigenvalue weighted by molar-refractivity contribution is 6.25. The maximum absolute atomic E-state index is 13.0. The second-order valence-electron chi connectivity index (χ2n) is 6.57. The van der Waals surface area contributed by atoms with Gasteiger partial charge >= 0.3 is 0 Å². The number of amides is 2. The second kappa shape index (κ2) is 7.30. The molecule has 1 saturated heterocycles. The minimum absolute atomic E-state index is 0.306. The minimum atomic E-state index is -0.787. The molecule has 2 aromatic rings. The fourth-order valence-corrected chi connectivity index (χ4v) is 3.43. The standard InChI is InChI=1S/C20H20N4O4/c1-27-15-7-3-13(4-8-15)11-12-23-18-17(21-22-23)19(25)24(20(18)26)14-5-9-16(28-2)10-6-14/h3-10,17-18H,11-12H2,1-2H3. The molecule has 28 heavy (non-hydrogen) atoms. The summed E-state index contributed by atoms with van der Waals surface area (Å²) in [5.74, 6) is 0.788. The first-order valence-electron chi connectivity index (χ1n) is 8.94. The fraction of sp³-hybridized carbons (Fsp3) is 0.300. The van der Waals surface area contributed by atoms with Crippen LogP contribution in [0.5, 0.6) is 11.5 Å². The van der Waals surface area contributed by atoms with E-state index in [1.54, 1.807) is 43.5 Å². The van der Waals surface area contributed by atoms with E-state index in [-0.39, 0.29) is 11.8 Å². The molecule has 2 unspecified atom stereocenters. The molecular formula is C20H20N4O4. The highest BCUT2D eigenvalue weighted by atomic mass is 16.5. The number of ether oxygens (including phenoxy) is 2. The summed E-state index contributed by atoms with van der Waals surface area (Å²) in [6.45, 7) is 0.493. The number of rotatable bonds is 6. The molecule has 1 fully saturated rings. The maximum atomic E-state index is 13.0. The van der Waals surface area contributed by atoms with Gasteiger partial charge in [-0.3, -0.25) is 14.6 Å². The zero-order valence-electron chi connectivity index (χ0n) is 15.6. The molecule has 2 amide bonds. The lowest BCUT2D eigenvalue weighted by Crippen LogP contribution is -2.40. The topological polar surface area (TPSA) is 83.8 Å². The van der Waals surface area contributed by atoms with E-state index in [4.69, 9.17) is 9.47 Å². The summed E-state index contributed by atoms with van der Waals surface area (Å²) in [5, 5.41) is 9.73. The molecule has 2 atom stereocenters. The molecule has 2 aromatic carbocycles. The SMILES string of the molecule is COc1ccc(CCN2N=NC3C(=O)N(c4ccc(OC)cc4)C(=O)C32)cc1. The molecule has 2 heterocycles. The van der Waals surface area contributed by atoms with Crippen LogP contribution in [0.4, 0.5) is 5.69 Å². The lowest BCUT2D eigenvalue weighted by molar-refractivity contribution is -0.123. The van der Waals surface area contributed by atoms with E-state index in [0.29, 0.717) is 24.4 Å². The van der Waals surface area contributed by atoms with Crippen LogP contribution in [0.15, 0.2) is 58.9 Å². The summed E-state index contributed by atoms with van der Waals surface area (Å²) in [5.41, 5.74) is 1.60. The molecular weight excluding hydrogens is 360 g/mol. The summed E-state index contributed by atoms with van der Waals surface area (Å²) >= 11 is 0. The third-order valence-electron chi connectivity index (χ3n) is 4.98. The lowest BCUT2D eigenvalue weighted by Gasteiger charge is -2.20. The van der Waals surface area contributed by atoms with Gasteiger partial charge in [-0.15, -0.1) is 0 Å². The highest BCUT2D eigenvalue weighted by Gasteiger charge is 2.54. The summed E-state index contributed by atoms with van der Waals surface area (Å²) in [7, 11) is 3.18. The first-order chi connectivity index (χ1) is 13.6. The number of carbonyl (C=O) groups is 2. The number of anilines is 1. The van der Waals surface area contributed by atoms with E-state index in [2.05, 4.69) is 10.3 Å². The van der Waals surface area contributed by atoms with Gasteiger partial charge in [-0.25, -0.2) is 4.90 Å². The van der Waals surface area contributed by atoms with Crippen molar-refractivity contribution in [2.45, 2.75) is 18.5 Å². The number of benzene rings is 2. The Hall–Kier alpha value is -3.42. The number of nitrogens with zero attached hydrogens (tertiary/aromatic N) is 4. The van der Waals surface area contributed by atoms with Crippen LogP contribution in [0.1, 0.15) is 5.56 Å². The number of carbonyl (C=O) groups excluding carboxylic acids is 2. The van der Waals surface area contributed by atoms with E-state index >= 15 is 0 Å². The van der Waals surface area contributed by atoms with Gasteiger partial charge in [-0.05, 0) is 48.4 Å². The maximum Gasteiger partial charge on any atom is 0.263 e. The first-order valence-corrected chi connectivity index (χ1v) is 8.94. The van der Waals surface area contributed by atoms with Gasteiger partial charge in [0.1, 0.15) is 11.5 Å². The van der Waals surface area contributed by atoms with Crippen LogP contribution in [-0.4, -0.2) is 49.7 Å². The van der Waals surface area contributed by atoms with Crippen molar-refractivity contribution in [1.29, 1.82) is 0 Å². The van der Waals surface area contributed by atoms with E-state index in [0.717, 1.165) is 11.3 Å². The van der Waals surface area contributed by atoms with Crippen LogP contribution >= 0.6 is 0 Å². The molecule has 2 aliphatic heterocycles. The number of methoxy groups -OCH3 is 2. The summed E-state index contributed by atoms with van der Waals surface area (Å²) in [6.07, 6.45) is 0.677. The van der Waals surface area contributed by atoms with Crippen LogP contribution in [0.2, 0.25) is 0 Å². The summed E-state index contributed by atoms with van der Waals surface area (Å²) in [6, 6.07) is 13.0. The minimum Gasteiger partial charge on any atom is -0.497 e. The van der Waals surface area contributed by atoms with Crippen molar-refractivity contribution in [2.75, 3.05) is 25.7 Å². The van der Waals surface area contributed by atoms with Gasteiger partial charge in [-0.1, -0.05) is 17.4 Å². The van der Waals surface area contributed by atoms with Crippen molar-refractivity contribution >= 4 is 17.5 Å². The van der Waals surface area contributed by atoms with Crippen molar-refractivity contribution in [3.05, 3.63) is 54.1 Å². The molecule has 0 saturated carbocycles. The molecule has 144 valence electrons. The number of imide groups is 1. The number of fused-ring (bicyclic) bond motifs is 1. The average molecular weight is 380 g/mol. The molecule has 0 spiro atoms. The van der Waals surface area contributed by atoms with Crippen molar-refractivity contribution in [1.82, 2.24) is 5.01 Å². The molecule has 0 bridgehead atoms. The normalized spacial score (nSPS) is 20.6. The van der Waals surface area contributed by atoms with Gasteiger partial charge in [0.25, 0.3) is 11.8 Å². The van der Waals surface area contributed by atoms with Crippen LogP contribution in [-0.2, 0) is 16.0 Å². The van der Waals surface area contributed by atoms with Gasteiger partial charge in [0.2, 0.25) is 0 Å². The molecule has 8 nitrogen and oxygen atoms in total. The number of hydrogen-bond donors (Lipinski definition) is 0. The molecule has 0 N–H and O–H groups in total. The lowest BCUT2D eigenvalue weighted by atomic mass is 10.1. The Balaban J connectivity index is 1.47. The monoisotopic (exact) mass is 380 g/mol. The molecule has 8 heteroatoms. The van der Waals surface area contributed by atoms with Crippen LogP contribution < -0.4 is 14.4 Å². The third-order valence-corrected chi connectivity index (χ3v) is 4.98. The second-order valence-corrected chi connectivity index (χ2v) is 6.57. The molecule has 4 rings (SSSR count). The Morgan fingerprint density at radius 1 is 0.893 bits per heavy atom. The van der Waals surface area contributed by atoms with Crippen LogP contribution in [0.3, 0.4) is 0 Å².